The molecule has 0 saturated carbocycles. The Morgan fingerprint density at radius 1 is 1.30 bits per heavy atom. The maximum atomic E-state index is 12.3. The van der Waals surface area contributed by atoms with E-state index in [0.717, 1.165) is 30.4 Å². The number of amides is 2. The van der Waals surface area contributed by atoms with Crippen molar-refractivity contribution in [3.63, 3.8) is 0 Å². The minimum atomic E-state index is -0.491. The molecule has 1 aromatic heterocycles. The van der Waals surface area contributed by atoms with Crippen molar-refractivity contribution in [3.05, 3.63) is 22.4 Å². The Hall–Kier alpha value is -1.30. The second-order valence-electron chi connectivity index (χ2n) is 5.24. The summed E-state index contributed by atoms with van der Waals surface area (Å²) in [5, 5.41) is 2.78. The van der Waals surface area contributed by atoms with E-state index in [1.807, 2.05) is 11.1 Å². The summed E-state index contributed by atoms with van der Waals surface area (Å²) in [4.78, 5) is 26.2. The SMILES string of the molecule is CC(NC(=O)c1cc(Br)cn1C)C(=O)N1CCCCC1. The average Bonchev–Trinajstić information content (AvgIpc) is 2.78. The highest BCUT2D eigenvalue weighted by molar-refractivity contribution is 9.10. The molecule has 1 atom stereocenters. The largest absolute Gasteiger partial charge is 0.345 e. The molecule has 20 heavy (non-hydrogen) atoms. The number of rotatable bonds is 3. The Labute approximate surface area is 127 Å². The number of aromatic nitrogens is 1. The first-order valence-electron chi connectivity index (χ1n) is 6.90. The van der Waals surface area contributed by atoms with Gasteiger partial charge in [0.25, 0.3) is 5.91 Å². The highest BCUT2D eigenvalue weighted by Crippen LogP contribution is 2.14. The molecular weight excluding hydrogens is 322 g/mol. The summed E-state index contributed by atoms with van der Waals surface area (Å²) in [5.41, 5.74) is 0.537. The van der Waals surface area contributed by atoms with Crippen LogP contribution in [0.1, 0.15) is 36.7 Å². The van der Waals surface area contributed by atoms with Crippen molar-refractivity contribution in [3.8, 4) is 0 Å². The highest BCUT2D eigenvalue weighted by Gasteiger charge is 2.24. The van der Waals surface area contributed by atoms with Gasteiger partial charge in [-0.1, -0.05) is 0 Å². The summed E-state index contributed by atoms with van der Waals surface area (Å²) in [6.45, 7) is 3.34. The van der Waals surface area contributed by atoms with E-state index < -0.39 is 6.04 Å². The van der Waals surface area contributed by atoms with E-state index in [0.29, 0.717) is 5.69 Å². The Morgan fingerprint density at radius 2 is 1.95 bits per heavy atom. The molecule has 0 aliphatic carbocycles. The molecule has 1 aliphatic heterocycles. The first-order chi connectivity index (χ1) is 9.49. The third-order valence-corrected chi connectivity index (χ3v) is 4.02. The molecular formula is C14H20BrN3O2. The van der Waals surface area contributed by atoms with Crippen LogP contribution in [-0.4, -0.2) is 40.4 Å². The topological polar surface area (TPSA) is 54.3 Å². The van der Waals surface area contributed by atoms with Crippen LogP contribution >= 0.6 is 15.9 Å². The molecule has 2 rings (SSSR count). The van der Waals surface area contributed by atoms with Gasteiger partial charge in [-0.25, -0.2) is 0 Å². The molecule has 0 aromatic carbocycles. The zero-order valence-electron chi connectivity index (χ0n) is 11.9. The smallest absolute Gasteiger partial charge is 0.268 e. The number of nitrogens with one attached hydrogen (secondary N) is 1. The van der Waals surface area contributed by atoms with E-state index in [4.69, 9.17) is 0 Å². The van der Waals surface area contributed by atoms with Crippen molar-refractivity contribution >= 4 is 27.7 Å². The van der Waals surface area contributed by atoms with Gasteiger partial charge in [-0.2, -0.15) is 0 Å². The number of halogens is 1. The number of piperidine rings is 1. The Balaban J connectivity index is 1.96. The number of hydrogen-bond acceptors (Lipinski definition) is 2. The van der Waals surface area contributed by atoms with Crippen molar-refractivity contribution in [2.24, 2.45) is 7.05 Å². The van der Waals surface area contributed by atoms with E-state index in [1.165, 1.54) is 6.42 Å². The fourth-order valence-corrected chi connectivity index (χ4v) is 2.99. The molecule has 0 spiro atoms. The van der Waals surface area contributed by atoms with Gasteiger partial charge in [-0.15, -0.1) is 0 Å². The van der Waals surface area contributed by atoms with Crippen LogP contribution in [0.15, 0.2) is 16.7 Å². The molecule has 2 heterocycles. The second kappa shape index (κ2) is 6.43. The third kappa shape index (κ3) is 3.42. The Morgan fingerprint density at radius 3 is 2.50 bits per heavy atom. The van der Waals surface area contributed by atoms with E-state index in [-0.39, 0.29) is 11.8 Å². The number of hydrogen-bond donors (Lipinski definition) is 1. The lowest BCUT2D eigenvalue weighted by molar-refractivity contribution is -0.133. The van der Waals surface area contributed by atoms with E-state index in [1.54, 1.807) is 24.6 Å². The zero-order chi connectivity index (χ0) is 14.7. The number of carbonyl (C=O) groups excluding carboxylic acids is 2. The number of likely N-dealkylation sites (tertiary alicyclic amines) is 1. The summed E-state index contributed by atoms with van der Waals surface area (Å²) in [5.74, 6) is -0.220. The van der Waals surface area contributed by atoms with Crippen molar-refractivity contribution < 1.29 is 9.59 Å². The van der Waals surface area contributed by atoms with Gasteiger partial charge in [0.2, 0.25) is 5.91 Å². The Kier molecular flexibility index (Phi) is 4.86. The van der Waals surface area contributed by atoms with Crippen LogP contribution in [0, 0.1) is 0 Å². The van der Waals surface area contributed by atoms with Crippen LogP contribution in [0.3, 0.4) is 0 Å². The van der Waals surface area contributed by atoms with E-state index in [2.05, 4.69) is 21.2 Å². The van der Waals surface area contributed by atoms with E-state index in [9.17, 15) is 9.59 Å². The molecule has 1 N–H and O–H groups in total. The molecule has 0 bridgehead atoms. The van der Waals surface area contributed by atoms with Crippen molar-refractivity contribution in [1.29, 1.82) is 0 Å². The minimum Gasteiger partial charge on any atom is -0.345 e. The van der Waals surface area contributed by atoms with Crippen LogP contribution in [0.25, 0.3) is 0 Å². The molecule has 1 aliphatic rings. The standard InChI is InChI=1S/C14H20BrN3O2/c1-10(14(20)18-6-4-3-5-7-18)16-13(19)12-8-11(15)9-17(12)2/h8-10H,3-7H2,1-2H3,(H,16,19). The summed E-state index contributed by atoms with van der Waals surface area (Å²) in [6.07, 6.45) is 5.10. The van der Waals surface area contributed by atoms with Crippen LogP contribution in [-0.2, 0) is 11.8 Å². The van der Waals surface area contributed by atoms with E-state index >= 15 is 0 Å². The molecule has 110 valence electrons. The van der Waals surface area contributed by atoms with Crippen molar-refractivity contribution in [1.82, 2.24) is 14.8 Å². The van der Waals surface area contributed by atoms with Gasteiger partial charge in [0.05, 0.1) is 0 Å². The monoisotopic (exact) mass is 341 g/mol. The van der Waals surface area contributed by atoms with Gasteiger partial charge in [0.15, 0.2) is 0 Å². The predicted octanol–water partition coefficient (Wildman–Crippen LogP) is 1.92. The minimum absolute atomic E-state index is 0.00586. The Bertz CT molecular complexity index is 507. The lowest BCUT2D eigenvalue weighted by Crippen LogP contribution is -2.48. The maximum Gasteiger partial charge on any atom is 0.268 e. The fourth-order valence-electron chi connectivity index (χ4n) is 2.47. The number of carbonyl (C=O) groups is 2. The lowest BCUT2D eigenvalue weighted by Gasteiger charge is -2.29. The summed E-state index contributed by atoms with van der Waals surface area (Å²) >= 11 is 3.33. The molecule has 0 radical (unpaired) electrons. The first kappa shape index (κ1) is 15.1. The van der Waals surface area contributed by atoms with Crippen molar-refractivity contribution in [2.45, 2.75) is 32.2 Å². The van der Waals surface area contributed by atoms with Gasteiger partial charge >= 0.3 is 0 Å². The third-order valence-electron chi connectivity index (χ3n) is 3.59. The number of nitrogens with zero attached hydrogens (tertiary/aromatic N) is 2. The van der Waals surface area contributed by atoms with Crippen LogP contribution < -0.4 is 5.32 Å². The van der Waals surface area contributed by atoms with Gasteiger partial charge in [0.1, 0.15) is 11.7 Å². The molecule has 1 unspecified atom stereocenters. The lowest BCUT2D eigenvalue weighted by atomic mass is 10.1. The summed E-state index contributed by atoms with van der Waals surface area (Å²) in [7, 11) is 1.80. The first-order valence-corrected chi connectivity index (χ1v) is 7.70. The second-order valence-corrected chi connectivity index (χ2v) is 6.15. The molecule has 5 nitrogen and oxygen atoms in total. The summed E-state index contributed by atoms with van der Waals surface area (Å²) < 4.78 is 2.58. The van der Waals surface area contributed by atoms with Crippen molar-refractivity contribution in [2.75, 3.05) is 13.1 Å². The molecule has 1 fully saturated rings. The highest BCUT2D eigenvalue weighted by atomic mass is 79.9. The van der Waals surface area contributed by atoms with Crippen LogP contribution in [0.2, 0.25) is 0 Å². The maximum absolute atomic E-state index is 12.3. The molecule has 2 amide bonds. The normalized spacial score (nSPS) is 16.9. The van der Waals surface area contributed by atoms with Crippen LogP contribution in [0.5, 0.6) is 0 Å². The predicted molar refractivity (Wildman–Crippen MR) is 80.5 cm³/mol. The van der Waals surface area contributed by atoms with Crippen LogP contribution in [0.4, 0.5) is 0 Å². The fraction of sp³-hybridized carbons (Fsp3) is 0.571. The van der Waals surface area contributed by atoms with Gasteiger partial charge < -0.3 is 14.8 Å². The molecule has 1 saturated heterocycles. The number of aryl methyl sites for hydroxylation is 1. The quantitative estimate of drug-likeness (QED) is 0.913. The zero-order valence-corrected chi connectivity index (χ0v) is 13.4. The summed E-state index contributed by atoms with van der Waals surface area (Å²) in [6, 6.07) is 1.25. The molecule has 6 heteroatoms. The van der Waals surface area contributed by atoms with Gasteiger partial charge in [-0.3, -0.25) is 9.59 Å². The average molecular weight is 342 g/mol. The van der Waals surface area contributed by atoms with Gasteiger partial charge in [-0.05, 0) is 48.2 Å². The van der Waals surface area contributed by atoms with Gasteiger partial charge in [0, 0.05) is 30.8 Å². The molecule has 1 aromatic rings.